The summed E-state index contributed by atoms with van der Waals surface area (Å²) in [6.45, 7) is 7.27. The standard InChI is InChI=1S/C23H33N3O3/c27-23(17-24-12-7-19(8-13-24)25-9-1-2-10-25)26-11-3-4-20(26)18-5-6-21-22(16-18)29-15-14-28-21/h5-6,16,19-20H,1-4,7-15,17H2. The number of amides is 1. The highest BCUT2D eigenvalue weighted by atomic mass is 16.6. The normalized spacial score (nSPS) is 26.2. The second-order valence-corrected chi connectivity index (χ2v) is 8.90. The SMILES string of the molecule is O=C(CN1CCC(N2CCCC2)CC1)N1CCCC1c1ccc2c(c1)OCCO2. The summed E-state index contributed by atoms with van der Waals surface area (Å²) < 4.78 is 11.4. The lowest BCUT2D eigenvalue weighted by Gasteiger charge is -2.37. The number of benzene rings is 1. The van der Waals surface area contributed by atoms with Gasteiger partial charge in [-0.1, -0.05) is 6.07 Å². The van der Waals surface area contributed by atoms with E-state index in [1.165, 1.54) is 44.3 Å². The second kappa shape index (κ2) is 8.52. The van der Waals surface area contributed by atoms with Crippen LogP contribution in [-0.4, -0.2) is 79.1 Å². The first-order valence-corrected chi connectivity index (χ1v) is 11.4. The van der Waals surface area contributed by atoms with Crippen LogP contribution < -0.4 is 9.47 Å². The predicted octanol–water partition coefficient (Wildman–Crippen LogP) is 2.68. The summed E-state index contributed by atoms with van der Waals surface area (Å²) in [7, 11) is 0. The maximum absolute atomic E-state index is 13.1. The first-order chi connectivity index (χ1) is 14.3. The fraction of sp³-hybridized carbons (Fsp3) is 0.696. The molecule has 1 aromatic rings. The van der Waals surface area contributed by atoms with Crippen LogP contribution in [0.1, 0.15) is 50.1 Å². The molecule has 0 bridgehead atoms. The Labute approximate surface area is 173 Å². The number of hydrogen-bond donors (Lipinski definition) is 0. The number of likely N-dealkylation sites (tertiary alicyclic amines) is 3. The first kappa shape index (κ1) is 19.2. The summed E-state index contributed by atoms with van der Waals surface area (Å²) in [5.41, 5.74) is 1.17. The number of carbonyl (C=O) groups is 1. The molecule has 0 aromatic heterocycles. The molecule has 0 radical (unpaired) electrons. The van der Waals surface area contributed by atoms with Crippen molar-refractivity contribution in [3.8, 4) is 11.5 Å². The van der Waals surface area contributed by atoms with E-state index in [0.717, 1.165) is 50.0 Å². The van der Waals surface area contributed by atoms with E-state index in [9.17, 15) is 4.79 Å². The van der Waals surface area contributed by atoms with E-state index in [0.29, 0.717) is 19.8 Å². The van der Waals surface area contributed by atoms with Crippen LogP contribution in [-0.2, 0) is 4.79 Å². The monoisotopic (exact) mass is 399 g/mol. The van der Waals surface area contributed by atoms with Gasteiger partial charge in [-0.2, -0.15) is 0 Å². The van der Waals surface area contributed by atoms with Crippen LogP contribution in [0.25, 0.3) is 0 Å². The van der Waals surface area contributed by atoms with Gasteiger partial charge in [0.2, 0.25) is 5.91 Å². The van der Waals surface area contributed by atoms with E-state index in [2.05, 4.69) is 26.8 Å². The third-order valence-electron chi connectivity index (χ3n) is 7.10. The highest BCUT2D eigenvalue weighted by Crippen LogP contribution is 2.38. The average molecular weight is 400 g/mol. The summed E-state index contributed by atoms with van der Waals surface area (Å²) in [5, 5.41) is 0. The molecule has 5 rings (SSSR count). The van der Waals surface area contributed by atoms with Crippen LogP contribution >= 0.6 is 0 Å². The van der Waals surface area contributed by atoms with Gasteiger partial charge in [-0.3, -0.25) is 9.69 Å². The maximum Gasteiger partial charge on any atom is 0.237 e. The third-order valence-corrected chi connectivity index (χ3v) is 7.10. The zero-order chi connectivity index (χ0) is 19.6. The number of rotatable bonds is 4. The highest BCUT2D eigenvalue weighted by molar-refractivity contribution is 5.79. The van der Waals surface area contributed by atoms with E-state index in [4.69, 9.17) is 9.47 Å². The Balaban J connectivity index is 1.18. The molecule has 1 atom stereocenters. The Morgan fingerprint density at radius 1 is 0.897 bits per heavy atom. The van der Waals surface area contributed by atoms with Gasteiger partial charge in [-0.05, 0) is 69.3 Å². The number of ether oxygens (including phenoxy) is 2. The van der Waals surface area contributed by atoms with Crippen LogP contribution in [0.3, 0.4) is 0 Å². The van der Waals surface area contributed by atoms with Crippen molar-refractivity contribution >= 4 is 5.91 Å². The van der Waals surface area contributed by atoms with E-state index in [1.807, 2.05) is 6.07 Å². The first-order valence-electron chi connectivity index (χ1n) is 11.4. The molecule has 4 heterocycles. The third kappa shape index (κ3) is 4.10. The maximum atomic E-state index is 13.1. The number of nitrogens with zero attached hydrogens (tertiary/aromatic N) is 3. The van der Waals surface area contributed by atoms with Crippen molar-refractivity contribution in [1.29, 1.82) is 0 Å². The molecular formula is C23H33N3O3. The lowest BCUT2D eigenvalue weighted by molar-refractivity contribution is -0.133. The molecule has 158 valence electrons. The lowest BCUT2D eigenvalue weighted by Crippen LogP contribution is -2.47. The van der Waals surface area contributed by atoms with Crippen molar-refractivity contribution in [3.05, 3.63) is 23.8 Å². The van der Waals surface area contributed by atoms with Gasteiger partial charge in [-0.15, -0.1) is 0 Å². The summed E-state index contributed by atoms with van der Waals surface area (Å²) in [4.78, 5) is 20.3. The molecule has 1 aromatic carbocycles. The fourth-order valence-corrected chi connectivity index (χ4v) is 5.51. The molecule has 29 heavy (non-hydrogen) atoms. The minimum atomic E-state index is 0.167. The Hall–Kier alpha value is -1.79. The minimum Gasteiger partial charge on any atom is -0.486 e. The van der Waals surface area contributed by atoms with Crippen molar-refractivity contribution < 1.29 is 14.3 Å². The molecule has 4 aliphatic heterocycles. The smallest absolute Gasteiger partial charge is 0.237 e. The van der Waals surface area contributed by atoms with Crippen LogP contribution in [0.4, 0.5) is 0 Å². The van der Waals surface area contributed by atoms with Crippen molar-refractivity contribution in [3.63, 3.8) is 0 Å². The molecule has 1 amide bonds. The summed E-state index contributed by atoms with van der Waals surface area (Å²) >= 11 is 0. The largest absolute Gasteiger partial charge is 0.486 e. The molecule has 0 N–H and O–H groups in total. The van der Waals surface area contributed by atoms with Crippen molar-refractivity contribution in [2.45, 2.75) is 50.6 Å². The predicted molar refractivity (Wildman–Crippen MR) is 111 cm³/mol. The molecular weight excluding hydrogens is 366 g/mol. The van der Waals surface area contributed by atoms with Gasteiger partial charge in [0, 0.05) is 25.7 Å². The number of piperidine rings is 1. The van der Waals surface area contributed by atoms with Crippen LogP contribution in [0, 0.1) is 0 Å². The number of carbonyl (C=O) groups excluding carboxylic acids is 1. The Bertz CT molecular complexity index is 726. The van der Waals surface area contributed by atoms with Gasteiger partial charge in [0.05, 0.1) is 12.6 Å². The molecule has 3 saturated heterocycles. The zero-order valence-electron chi connectivity index (χ0n) is 17.4. The summed E-state index contributed by atoms with van der Waals surface area (Å²) in [6, 6.07) is 7.08. The molecule has 6 heteroatoms. The molecule has 1 unspecified atom stereocenters. The topological polar surface area (TPSA) is 45.3 Å². The Morgan fingerprint density at radius 2 is 1.66 bits per heavy atom. The molecule has 4 aliphatic rings. The molecule has 6 nitrogen and oxygen atoms in total. The van der Waals surface area contributed by atoms with E-state index < -0.39 is 0 Å². The fourth-order valence-electron chi connectivity index (χ4n) is 5.51. The molecule has 3 fully saturated rings. The van der Waals surface area contributed by atoms with Crippen LogP contribution in [0.15, 0.2) is 18.2 Å². The van der Waals surface area contributed by atoms with Gasteiger partial charge < -0.3 is 19.3 Å². The minimum absolute atomic E-state index is 0.167. The van der Waals surface area contributed by atoms with Gasteiger partial charge in [0.1, 0.15) is 13.2 Å². The van der Waals surface area contributed by atoms with Crippen LogP contribution in [0.2, 0.25) is 0 Å². The zero-order valence-corrected chi connectivity index (χ0v) is 17.4. The number of fused-ring (bicyclic) bond motifs is 1. The van der Waals surface area contributed by atoms with Crippen LogP contribution in [0.5, 0.6) is 11.5 Å². The van der Waals surface area contributed by atoms with E-state index in [1.54, 1.807) is 0 Å². The summed E-state index contributed by atoms with van der Waals surface area (Å²) in [6.07, 6.45) is 7.23. The van der Waals surface area contributed by atoms with Crippen molar-refractivity contribution in [2.24, 2.45) is 0 Å². The molecule has 0 aliphatic carbocycles. The van der Waals surface area contributed by atoms with E-state index in [-0.39, 0.29) is 11.9 Å². The lowest BCUT2D eigenvalue weighted by atomic mass is 10.0. The molecule has 0 saturated carbocycles. The second-order valence-electron chi connectivity index (χ2n) is 8.90. The molecule has 0 spiro atoms. The van der Waals surface area contributed by atoms with Gasteiger partial charge in [-0.25, -0.2) is 0 Å². The van der Waals surface area contributed by atoms with Gasteiger partial charge >= 0.3 is 0 Å². The highest BCUT2D eigenvalue weighted by Gasteiger charge is 2.33. The van der Waals surface area contributed by atoms with Crippen molar-refractivity contribution in [1.82, 2.24) is 14.7 Å². The van der Waals surface area contributed by atoms with Gasteiger partial charge in [0.25, 0.3) is 0 Å². The van der Waals surface area contributed by atoms with E-state index >= 15 is 0 Å². The number of hydrogen-bond acceptors (Lipinski definition) is 5. The van der Waals surface area contributed by atoms with Crippen molar-refractivity contribution in [2.75, 3.05) is 52.5 Å². The van der Waals surface area contributed by atoms with Gasteiger partial charge in [0.15, 0.2) is 11.5 Å². The Morgan fingerprint density at radius 3 is 2.45 bits per heavy atom. The summed E-state index contributed by atoms with van der Waals surface area (Å²) in [5.74, 6) is 1.91. The quantitative estimate of drug-likeness (QED) is 0.779. The average Bonchev–Trinajstić information content (AvgIpc) is 3.46. The Kier molecular flexibility index (Phi) is 5.64.